The topological polar surface area (TPSA) is 69.6 Å². The minimum Gasteiger partial charge on any atom is -0.478 e. The van der Waals surface area contributed by atoms with Gasteiger partial charge in [-0.3, -0.25) is 0 Å². The summed E-state index contributed by atoms with van der Waals surface area (Å²) in [6, 6.07) is 7.33. The molecule has 80 valence electrons. The average molecular weight is 207 g/mol. The third-order valence-corrected chi connectivity index (χ3v) is 1.86. The Labute approximate surface area is 87.9 Å². The van der Waals surface area contributed by atoms with Crippen LogP contribution in [0.2, 0.25) is 0 Å². The lowest BCUT2D eigenvalue weighted by Crippen LogP contribution is -2.02. The van der Waals surface area contributed by atoms with Gasteiger partial charge in [0.2, 0.25) is 0 Å². The van der Waals surface area contributed by atoms with E-state index in [0.717, 1.165) is 17.3 Å². The molecule has 0 aliphatic heterocycles. The first-order valence-electron chi connectivity index (χ1n) is 4.56. The van der Waals surface area contributed by atoms with E-state index in [1.54, 1.807) is 0 Å². The lowest BCUT2D eigenvalue weighted by Gasteiger charge is -2.07. The van der Waals surface area contributed by atoms with Gasteiger partial charge in [-0.1, -0.05) is 24.3 Å². The molecule has 0 bridgehead atoms. The molecule has 0 aliphatic rings. The third kappa shape index (κ3) is 3.83. The van der Waals surface area contributed by atoms with Crippen molar-refractivity contribution in [3.8, 4) is 0 Å². The summed E-state index contributed by atoms with van der Waals surface area (Å²) in [5.74, 6) is -0.966. The second kappa shape index (κ2) is 5.82. The van der Waals surface area contributed by atoms with Crippen LogP contribution in [0, 0.1) is 0 Å². The Morgan fingerprint density at radius 2 is 2.13 bits per heavy atom. The van der Waals surface area contributed by atoms with Gasteiger partial charge in [0, 0.05) is 23.9 Å². The van der Waals surface area contributed by atoms with E-state index in [2.05, 4.69) is 5.32 Å². The summed E-state index contributed by atoms with van der Waals surface area (Å²) >= 11 is 0. The van der Waals surface area contributed by atoms with E-state index in [-0.39, 0.29) is 6.61 Å². The van der Waals surface area contributed by atoms with Crippen LogP contribution in [0.5, 0.6) is 0 Å². The number of carboxylic acid groups (broad SMARTS) is 1. The summed E-state index contributed by atoms with van der Waals surface area (Å²) in [7, 11) is 0. The molecule has 0 saturated carbocycles. The number of para-hydroxylation sites is 1. The Hall–Kier alpha value is -1.81. The van der Waals surface area contributed by atoms with Crippen molar-refractivity contribution in [2.75, 3.05) is 11.9 Å². The smallest absolute Gasteiger partial charge is 0.328 e. The highest BCUT2D eigenvalue weighted by atomic mass is 16.4. The lowest BCUT2D eigenvalue weighted by atomic mass is 10.2. The number of anilines is 1. The normalized spacial score (nSPS) is 10.5. The fraction of sp³-hybridized carbons (Fsp3) is 0.182. The van der Waals surface area contributed by atoms with Crippen molar-refractivity contribution in [1.29, 1.82) is 0 Å². The van der Waals surface area contributed by atoms with Crippen LogP contribution >= 0.6 is 0 Å². The molecule has 0 unspecified atom stereocenters. The molecular weight excluding hydrogens is 194 g/mol. The van der Waals surface area contributed by atoms with Crippen molar-refractivity contribution in [3.05, 3.63) is 42.0 Å². The predicted octanol–water partition coefficient (Wildman–Crippen LogP) is 1.23. The second-order valence-electron chi connectivity index (χ2n) is 2.94. The van der Waals surface area contributed by atoms with E-state index in [4.69, 9.17) is 10.2 Å². The first-order chi connectivity index (χ1) is 7.24. The molecule has 3 N–H and O–H groups in total. The molecule has 0 radical (unpaired) electrons. The van der Waals surface area contributed by atoms with Crippen LogP contribution in [0.15, 0.2) is 36.4 Å². The van der Waals surface area contributed by atoms with Crippen LogP contribution in [0.4, 0.5) is 5.69 Å². The SMILES string of the molecule is O=C(O)C=CCNc1ccccc1CO. The van der Waals surface area contributed by atoms with Gasteiger partial charge in [0.15, 0.2) is 0 Å². The minimum absolute atomic E-state index is 0.0359. The maximum Gasteiger partial charge on any atom is 0.328 e. The fourth-order valence-corrected chi connectivity index (χ4v) is 1.16. The molecule has 4 heteroatoms. The van der Waals surface area contributed by atoms with E-state index < -0.39 is 5.97 Å². The summed E-state index contributed by atoms with van der Waals surface area (Å²) in [5, 5.41) is 20.4. The first kappa shape index (κ1) is 11.3. The van der Waals surface area contributed by atoms with Gasteiger partial charge in [-0.05, 0) is 6.07 Å². The Balaban J connectivity index is 2.53. The monoisotopic (exact) mass is 207 g/mol. The van der Waals surface area contributed by atoms with E-state index in [9.17, 15) is 4.79 Å². The van der Waals surface area contributed by atoms with Gasteiger partial charge < -0.3 is 15.5 Å². The molecule has 0 atom stereocenters. The van der Waals surface area contributed by atoms with Crippen LogP contribution in [0.3, 0.4) is 0 Å². The number of nitrogens with one attached hydrogen (secondary N) is 1. The number of rotatable bonds is 5. The molecule has 0 fully saturated rings. The fourth-order valence-electron chi connectivity index (χ4n) is 1.16. The van der Waals surface area contributed by atoms with Gasteiger partial charge in [0.1, 0.15) is 0 Å². The zero-order valence-electron chi connectivity index (χ0n) is 8.18. The summed E-state index contributed by atoms with van der Waals surface area (Å²) in [5.41, 5.74) is 1.61. The molecule has 0 heterocycles. The molecule has 0 spiro atoms. The lowest BCUT2D eigenvalue weighted by molar-refractivity contribution is -0.131. The summed E-state index contributed by atoms with van der Waals surface area (Å²) in [6.07, 6.45) is 2.59. The number of hydrogen-bond donors (Lipinski definition) is 3. The molecule has 1 rings (SSSR count). The third-order valence-electron chi connectivity index (χ3n) is 1.86. The van der Waals surface area contributed by atoms with Crippen LogP contribution in [-0.2, 0) is 11.4 Å². The van der Waals surface area contributed by atoms with Crippen LogP contribution in [0.25, 0.3) is 0 Å². The number of aliphatic hydroxyl groups excluding tert-OH is 1. The van der Waals surface area contributed by atoms with Gasteiger partial charge in [-0.15, -0.1) is 0 Å². The maximum absolute atomic E-state index is 10.2. The summed E-state index contributed by atoms with van der Waals surface area (Å²) in [4.78, 5) is 10.2. The summed E-state index contributed by atoms with van der Waals surface area (Å²) < 4.78 is 0. The van der Waals surface area contributed by atoms with Gasteiger partial charge in [-0.2, -0.15) is 0 Å². The van der Waals surface area contributed by atoms with E-state index in [1.807, 2.05) is 24.3 Å². The molecule has 15 heavy (non-hydrogen) atoms. The molecule has 1 aromatic rings. The molecule has 4 nitrogen and oxygen atoms in total. The minimum atomic E-state index is -0.966. The summed E-state index contributed by atoms with van der Waals surface area (Å²) in [6.45, 7) is 0.384. The van der Waals surface area contributed by atoms with Crippen molar-refractivity contribution in [3.63, 3.8) is 0 Å². The highest BCUT2D eigenvalue weighted by Gasteiger charge is 1.97. The first-order valence-corrected chi connectivity index (χ1v) is 4.56. The number of benzene rings is 1. The van der Waals surface area contributed by atoms with Crippen LogP contribution < -0.4 is 5.32 Å². The van der Waals surface area contributed by atoms with Crippen LogP contribution in [0.1, 0.15) is 5.56 Å². The number of carbonyl (C=O) groups is 1. The number of aliphatic hydroxyl groups is 1. The van der Waals surface area contributed by atoms with E-state index >= 15 is 0 Å². The quantitative estimate of drug-likeness (QED) is 0.635. The standard InChI is InChI=1S/C11H13NO3/c13-8-9-4-1-2-5-10(9)12-7-3-6-11(14)15/h1-6,12-13H,7-8H2,(H,14,15). The van der Waals surface area contributed by atoms with Crippen molar-refractivity contribution in [1.82, 2.24) is 0 Å². The Morgan fingerprint density at radius 1 is 1.40 bits per heavy atom. The number of aliphatic carboxylic acids is 1. The highest BCUT2D eigenvalue weighted by molar-refractivity contribution is 5.79. The molecule has 0 aromatic heterocycles. The predicted molar refractivity (Wildman–Crippen MR) is 57.6 cm³/mol. The zero-order valence-corrected chi connectivity index (χ0v) is 8.18. The zero-order chi connectivity index (χ0) is 11.1. The average Bonchev–Trinajstić information content (AvgIpc) is 2.24. The molecule has 0 saturated heterocycles. The van der Waals surface area contributed by atoms with Crippen molar-refractivity contribution in [2.45, 2.75) is 6.61 Å². The van der Waals surface area contributed by atoms with Crippen LogP contribution in [-0.4, -0.2) is 22.7 Å². The Morgan fingerprint density at radius 3 is 2.80 bits per heavy atom. The molecule has 1 aromatic carbocycles. The Kier molecular flexibility index (Phi) is 4.37. The molecular formula is C11H13NO3. The van der Waals surface area contributed by atoms with Gasteiger partial charge in [-0.25, -0.2) is 4.79 Å². The van der Waals surface area contributed by atoms with Gasteiger partial charge >= 0.3 is 5.97 Å². The number of hydrogen-bond acceptors (Lipinski definition) is 3. The van der Waals surface area contributed by atoms with Crippen molar-refractivity contribution in [2.24, 2.45) is 0 Å². The van der Waals surface area contributed by atoms with Gasteiger partial charge in [0.05, 0.1) is 6.61 Å². The second-order valence-corrected chi connectivity index (χ2v) is 2.94. The molecule has 0 amide bonds. The number of carboxylic acids is 1. The Bertz CT molecular complexity index is 361. The van der Waals surface area contributed by atoms with Crippen molar-refractivity contribution >= 4 is 11.7 Å². The van der Waals surface area contributed by atoms with Gasteiger partial charge in [0.25, 0.3) is 0 Å². The van der Waals surface area contributed by atoms with Crippen molar-refractivity contribution < 1.29 is 15.0 Å². The highest BCUT2D eigenvalue weighted by Crippen LogP contribution is 2.13. The molecule has 0 aliphatic carbocycles. The maximum atomic E-state index is 10.2. The largest absolute Gasteiger partial charge is 0.478 e. The van der Waals surface area contributed by atoms with E-state index in [0.29, 0.717) is 6.54 Å². The van der Waals surface area contributed by atoms with E-state index in [1.165, 1.54) is 6.08 Å².